The van der Waals surface area contributed by atoms with E-state index in [9.17, 15) is 22.4 Å². The summed E-state index contributed by atoms with van der Waals surface area (Å²) in [5.41, 5.74) is -2.71. The third kappa shape index (κ3) is 5.14. The zero-order valence-electron chi connectivity index (χ0n) is 21.9. The molecule has 3 saturated heterocycles. The molecule has 3 aliphatic heterocycles. The van der Waals surface area contributed by atoms with E-state index < -0.39 is 23.5 Å². The third-order valence-electron chi connectivity index (χ3n) is 8.65. The van der Waals surface area contributed by atoms with E-state index in [2.05, 4.69) is 5.32 Å². The number of hydrogen-bond acceptors (Lipinski definition) is 5. The van der Waals surface area contributed by atoms with Gasteiger partial charge in [-0.05, 0) is 42.9 Å². The number of carbonyl (C=O) groups excluding carboxylic acids is 1. The highest BCUT2D eigenvalue weighted by atomic mass is 19.4. The third-order valence-corrected chi connectivity index (χ3v) is 8.65. The summed E-state index contributed by atoms with van der Waals surface area (Å²) in [5.74, 6) is -1.06. The molecule has 212 valence electrons. The second-order valence-corrected chi connectivity index (χ2v) is 10.7. The summed E-state index contributed by atoms with van der Waals surface area (Å²) in [7, 11) is 0.929. The fourth-order valence-corrected chi connectivity index (χ4v) is 6.48. The molecule has 0 aromatic heterocycles. The van der Waals surface area contributed by atoms with E-state index in [0.717, 1.165) is 32.1 Å². The number of likely N-dealkylation sites (tertiary alicyclic amines) is 1. The number of benzene rings is 2. The molecule has 0 bridgehead atoms. The lowest BCUT2D eigenvalue weighted by atomic mass is 9.62. The highest BCUT2D eigenvalue weighted by Crippen LogP contribution is 2.52. The minimum absolute atomic E-state index is 0.0506. The van der Waals surface area contributed by atoms with Crippen LogP contribution in [0.4, 0.5) is 17.6 Å². The maximum Gasteiger partial charge on any atom is 0.430 e. The molecule has 2 aromatic carbocycles. The number of nitrogens with one attached hydrogen (secondary N) is 1. The van der Waals surface area contributed by atoms with Crippen molar-refractivity contribution in [2.45, 2.75) is 49.5 Å². The van der Waals surface area contributed by atoms with Crippen molar-refractivity contribution in [1.29, 1.82) is 0 Å². The number of ether oxygens (including phenoxy) is 3. The van der Waals surface area contributed by atoms with Gasteiger partial charge < -0.3 is 24.4 Å². The smallest absolute Gasteiger partial charge is 0.430 e. The Hall–Kier alpha value is -2.69. The Morgan fingerprint density at radius 2 is 1.85 bits per heavy atom. The number of hydrogen-bond donors (Lipinski definition) is 1. The molecule has 6 nitrogen and oxygen atoms in total. The van der Waals surface area contributed by atoms with Crippen LogP contribution in [0.2, 0.25) is 0 Å². The zero-order valence-corrected chi connectivity index (χ0v) is 21.9. The molecule has 1 N–H and O–H groups in total. The number of amides is 1. The Morgan fingerprint density at radius 3 is 2.49 bits per heavy atom. The van der Waals surface area contributed by atoms with Crippen molar-refractivity contribution in [3.8, 4) is 5.75 Å². The number of nitrogens with zero attached hydrogens (tertiary/aromatic N) is 1. The first-order chi connectivity index (χ1) is 18.7. The van der Waals surface area contributed by atoms with E-state index >= 15 is 0 Å². The SMILES string of the molecule is CO[C@@](C(=O)N1CCC2(CCNCC2c2ccc(F)cc2O[C@H]2CCOC2)CC1)(c1ccccc1)C(F)(F)F. The molecular formula is C29H34F4N2O4. The van der Waals surface area contributed by atoms with Crippen LogP contribution in [-0.4, -0.2) is 69.6 Å². The highest BCUT2D eigenvalue weighted by Gasteiger charge is 2.64. The van der Waals surface area contributed by atoms with Crippen LogP contribution in [0, 0.1) is 11.2 Å². The molecule has 39 heavy (non-hydrogen) atoms. The van der Waals surface area contributed by atoms with Crippen LogP contribution < -0.4 is 10.1 Å². The summed E-state index contributed by atoms with van der Waals surface area (Å²) in [5, 5.41) is 3.43. The normalized spacial score (nSPS) is 24.9. The van der Waals surface area contributed by atoms with E-state index in [1.807, 2.05) is 0 Å². The summed E-state index contributed by atoms with van der Waals surface area (Å²) in [6.45, 7) is 2.76. The number of piperidine rings is 2. The molecule has 3 aliphatic rings. The molecule has 0 radical (unpaired) electrons. The monoisotopic (exact) mass is 550 g/mol. The van der Waals surface area contributed by atoms with Gasteiger partial charge in [0.25, 0.3) is 11.5 Å². The van der Waals surface area contributed by atoms with Crippen LogP contribution >= 0.6 is 0 Å². The largest absolute Gasteiger partial charge is 0.488 e. The Morgan fingerprint density at radius 1 is 1.10 bits per heavy atom. The molecule has 5 rings (SSSR count). The van der Waals surface area contributed by atoms with Gasteiger partial charge in [0.05, 0.1) is 13.2 Å². The summed E-state index contributed by atoms with van der Waals surface area (Å²) < 4.78 is 74.4. The quantitative estimate of drug-likeness (QED) is 0.525. The van der Waals surface area contributed by atoms with Crippen molar-refractivity contribution in [1.82, 2.24) is 10.2 Å². The molecule has 0 aliphatic carbocycles. The van der Waals surface area contributed by atoms with Gasteiger partial charge in [0, 0.05) is 50.7 Å². The maximum atomic E-state index is 14.5. The van der Waals surface area contributed by atoms with Gasteiger partial charge in [-0.15, -0.1) is 0 Å². The molecule has 1 spiro atoms. The van der Waals surface area contributed by atoms with Crippen LogP contribution in [0.1, 0.15) is 42.7 Å². The van der Waals surface area contributed by atoms with Crippen LogP contribution in [0.3, 0.4) is 0 Å². The van der Waals surface area contributed by atoms with Gasteiger partial charge in [0.1, 0.15) is 17.7 Å². The lowest BCUT2D eigenvalue weighted by molar-refractivity contribution is -0.271. The number of carbonyl (C=O) groups is 1. The lowest BCUT2D eigenvalue weighted by Gasteiger charge is -2.51. The Bertz CT molecular complexity index is 1150. The van der Waals surface area contributed by atoms with Crippen LogP contribution in [0.5, 0.6) is 5.75 Å². The van der Waals surface area contributed by atoms with Crippen molar-refractivity contribution < 1.29 is 36.6 Å². The second-order valence-electron chi connectivity index (χ2n) is 10.7. The number of alkyl halides is 3. The first-order valence-corrected chi connectivity index (χ1v) is 13.4. The molecule has 3 heterocycles. The van der Waals surface area contributed by atoms with Gasteiger partial charge in [-0.25, -0.2) is 4.39 Å². The molecule has 3 atom stereocenters. The van der Waals surface area contributed by atoms with Gasteiger partial charge >= 0.3 is 6.18 Å². The van der Waals surface area contributed by atoms with Gasteiger partial charge in [0.2, 0.25) is 0 Å². The van der Waals surface area contributed by atoms with Crippen LogP contribution in [0.15, 0.2) is 48.5 Å². The number of rotatable bonds is 6. The Kier molecular flexibility index (Phi) is 7.90. The van der Waals surface area contributed by atoms with Crippen molar-refractivity contribution in [2.75, 3.05) is 46.5 Å². The number of halogens is 4. The fraction of sp³-hybridized carbons (Fsp3) is 0.552. The first-order valence-electron chi connectivity index (χ1n) is 13.4. The molecular weight excluding hydrogens is 516 g/mol. The maximum absolute atomic E-state index is 14.5. The predicted molar refractivity (Wildman–Crippen MR) is 136 cm³/mol. The average molecular weight is 551 g/mol. The van der Waals surface area contributed by atoms with Gasteiger partial charge in [-0.2, -0.15) is 13.2 Å². The van der Waals surface area contributed by atoms with Crippen LogP contribution in [-0.2, 0) is 19.9 Å². The lowest BCUT2D eigenvalue weighted by Crippen LogP contribution is -2.59. The summed E-state index contributed by atoms with van der Waals surface area (Å²) >= 11 is 0. The van der Waals surface area contributed by atoms with Gasteiger partial charge in [0.15, 0.2) is 0 Å². The summed E-state index contributed by atoms with van der Waals surface area (Å²) in [4.78, 5) is 14.9. The first kappa shape index (κ1) is 27.9. The average Bonchev–Trinajstić information content (AvgIpc) is 3.43. The number of methoxy groups -OCH3 is 1. The van der Waals surface area contributed by atoms with E-state index in [4.69, 9.17) is 14.2 Å². The Balaban J connectivity index is 1.40. The van der Waals surface area contributed by atoms with E-state index in [0.29, 0.717) is 38.3 Å². The fourth-order valence-electron chi connectivity index (χ4n) is 6.48. The van der Waals surface area contributed by atoms with Gasteiger partial charge in [-0.3, -0.25) is 4.79 Å². The van der Waals surface area contributed by atoms with Crippen molar-refractivity contribution in [3.63, 3.8) is 0 Å². The van der Waals surface area contributed by atoms with E-state index in [1.54, 1.807) is 12.1 Å². The standard InChI is InChI=1S/C29H34F4N2O4/c1-37-28(29(31,32)33,20-5-3-2-4-6-20)26(36)35-14-11-27(12-15-35)10-13-34-18-24(27)23-8-7-21(30)17-25(23)39-22-9-16-38-19-22/h2-8,17,22,24,34H,9-16,18-19H2,1H3/t22-,24?,28+/m0/s1. The van der Waals surface area contributed by atoms with Crippen molar-refractivity contribution >= 4 is 5.91 Å². The van der Waals surface area contributed by atoms with Crippen molar-refractivity contribution in [2.24, 2.45) is 5.41 Å². The van der Waals surface area contributed by atoms with Gasteiger partial charge in [-0.1, -0.05) is 36.4 Å². The predicted octanol–water partition coefficient (Wildman–Crippen LogP) is 4.78. The van der Waals surface area contributed by atoms with E-state index in [1.165, 1.54) is 41.3 Å². The molecule has 3 fully saturated rings. The topological polar surface area (TPSA) is 60.0 Å². The molecule has 2 aromatic rings. The zero-order chi connectivity index (χ0) is 27.7. The van der Waals surface area contributed by atoms with E-state index in [-0.39, 0.29) is 36.1 Å². The summed E-state index contributed by atoms with van der Waals surface area (Å²) in [6, 6.07) is 11.7. The highest BCUT2D eigenvalue weighted by molar-refractivity contribution is 5.88. The Labute approximate surface area is 225 Å². The van der Waals surface area contributed by atoms with Crippen molar-refractivity contribution in [3.05, 3.63) is 65.5 Å². The minimum Gasteiger partial charge on any atom is -0.488 e. The summed E-state index contributed by atoms with van der Waals surface area (Å²) in [6.07, 6.45) is -2.56. The molecule has 10 heteroatoms. The molecule has 0 saturated carbocycles. The van der Waals surface area contributed by atoms with Crippen LogP contribution in [0.25, 0.3) is 0 Å². The minimum atomic E-state index is -4.95. The molecule has 1 unspecified atom stereocenters. The second kappa shape index (κ2) is 11.1. The molecule has 1 amide bonds.